The van der Waals surface area contributed by atoms with Crippen molar-refractivity contribution in [1.82, 2.24) is 9.55 Å². The molecule has 2 aromatic carbocycles. The molecule has 124 valence electrons. The predicted molar refractivity (Wildman–Crippen MR) is 94.5 cm³/mol. The van der Waals surface area contributed by atoms with E-state index in [2.05, 4.69) is 9.55 Å². The van der Waals surface area contributed by atoms with Crippen molar-refractivity contribution in [2.45, 2.75) is 13.0 Å². The normalized spacial score (nSPS) is 10.6. The first-order valence-electron chi connectivity index (χ1n) is 7.75. The molecular weight excluding hydrogens is 302 g/mol. The Bertz CT molecular complexity index is 827. The number of rotatable bonds is 6. The fraction of sp³-hybridized carbons (Fsp3) is 0.211. The van der Waals surface area contributed by atoms with E-state index in [1.807, 2.05) is 54.9 Å². The van der Waals surface area contributed by atoms with Crippen LogP contribution in [-0.4, -0.2) is 23.8 Å². The molecule has 5 heteroatoms. The van der Waals surface area contributed by atoms with E-state index in [0.717, 1.165) is 34.1 Å². The molecule has 2 N–H and O–H groups in total. The number of nitrogens with zero attached hydrogens (tertiary/aromatic N) is 2. The molecule has 0 unspecified atom stereocenters. The highest BCUT2D eigenvalue weighted by Gasteiger charge is 2.09. The second-order valence-electron chi connectivity index (χ2n) is 5.54. The first kappa shape index (κ1) is 15.9. The molecule has 0 aliphatic heterocycles. The zero-order valence-corrected chi connectivity index (χ0v) is 13.9. The summed E-state index contributed by atoms with van der Waals surface area (Å²) < 4.78 is 12.8. The third kappa shape index (κ3) is 3.35. The maximum Gasteiger partial charge on any atom is 0.161 e. The summed E-state index contributed by atoms with van der Waals surface area (Å²) in [5, 5.41) is 0. The fourth-order valence-corrected chi connectivity index (χ4v) is 2.69. The molecule has 0 amide bonds. The quantitative estimate of drug-likeness (QED) is 0.708. The average Bonchev–Trinajstić information content (AvgIpc) is 3.03. The monoisotopic (exact) mass is 323 g/mol. The van der Waals surface area contributed by atoms with E-state index in [0.29, 0.717) is 13.0 Å². The molecule has 3 aromatic rings. The van der Waals surface area contributed by atoms with Gasteiger partial charge in [0.15, 0.2) is 11.5 Å². The molecule has 3 rings (SSSR count). The maximum absolute atomic E-state index is 6.04. The molecular formula is C19H21N3O2. The van der Waals surface area contributed by atoms with Crippen LogP contribution in [0.4, 0.5) is 5.69 Å². The van der Waals surface area contributed by atoms with E-state index in [4.69, 9.17) is 15.2 Å². The van der Waals surface area contributed by atoms with Crippen LogP contribution in [0.3, 0.4) is 0 Å². The van der Waals surface area contributed by atoms with Crippen LogP contribution in [0.1, 0.15) is 17.0 Å². The minimum atomic E-state index is 0.701. The van der Waals surface area contributed by atoms with Gasteiger partial charge in [0.25, 0.3) is 0 Å². The predicted octanol–water partition coefficient (Wildman–Crippen LogP) is 3.12. The van der Waals surface area contributed by atoms with E-state index < -0.39 is 0 Å². The third-order valence-electron chi connectivity index (χ3n) is 4.01. The van der Waals surface area contributed by atoms with Crippen LogP contribution in [0.25, 0.3) is 0 Å². The average molecular weight is 323 g/mol. The van der Waals surface area contributed by atoms with Crippen LogP contribution in [0.2, 0.25) is 0 Å². The molecule has 0 aliphatic carbocycles. The summed E-state index contributed by atoms with van der Waals surface area (Å²) in [7, 11) is 3.28. The molecule has 0 radical (unpaired) electrons. The van der Waals surface area contributed by atoms with Crippen molar-refractivity contribution in [3.05, 3.63) is 71.8 Å². The summed E-state index contributed by atoms with van der Waals surface area (Å²) in [5.41, 5.74) is 9.03. The lowest BCUT2D eigenvalue weighted by Crippen LogP contribution is -2.06. The van der Waals surface area contributed by atoms with Crippen LogP contribution >= 0.6 is 0 Å². The Kier molecular flexibility index (Phi) is 4.70. The molecule has 0 aliphatic rings. The number of methoxy groups -OCH3 is 2. The molecule has 0 atom stereocenters. The van der Waals surface area contributed by atoms with Crippen molar-refractivity contribution in [3.8, 4) is 11.5 Å². The Morgan fingerprint density at radius 3 is 2.58 bits per heavy atom. The molecule has 0 bridgehead atoms. The van der Waals surface area contributed by atoms with Gasteiger partial charge in [-0.15, -0.1) is 0 Å². The highest BCUT2D eigenvalue weighted by molar-refractivity contribution is 5.47. The summed E-state index contributed by atoms with van der Waals surface area (Å²) in [5.74, 6) is 2.43. The number of para-hydroxylation sites is 1. The first-order valence-corrected chi connectivity index (χ1v) is 7.75. The van der Waals surface area contributed by atoms with Crippen molar-refractivity contribution in [1.29, 1.82) is 0 Å². The van der Waals surface area contributed by atoms with Gasteiger partial charge < -0.3 is 19.8 Å². The van der Waals surface area contributed by atoms with Gasteiger partial charge in [-0.2, -0.15) is 0 Å². The zero-order valence-electron chi connectivity index (χ0n) is 13.9. The van der Waals surface area contributed by atoms with Crippen molar-refractivity contribution in [2.24, 2.45) is 0 Å². The number of aromatic nitrogens is 2. The summed E-state index contributed by atoms with van der Waals surface area (Å²) in [6.07, 6.45) is 4.49. The molecule has 0 saturated heterocycles. The molecule has 5 nitrogen and oxygen atoms in total. The Balaban J connectivity index is 1.82. The van der Waals surface area contributed by atoms with Crippen molar-refractivity contribution >= 4 is 5.69 Å². The van der Waals surface area contributed by atoms with Gasteiger partial charge >= 0.3 is 0 Å². The number of nitrogens with two attached hydrogens (primary N) is 1. The number of hydrogen-bond donors (Lipinski definition) is 1. The van der Waals surface area contributed by atoms with Gasteiger partial charge in [-0.3, -0.25) is 0 Å². The SMILES string of the molecule is COc1ccc(Cn2ccnc2Cc2ccccc2N)cc1OC. The van der Waals surface area contributed by atoms with E-state index in [1.165, 1.54) is 0 Å². The molecule has 24 heavy (non-hydrogen) atoms. The van der Waals surface area contributed by atoms with Crippen molar-refractivity contribution in [3.63, 3.8) is 0 Å². The van der Waals surface area contributed by atoms with Gasteiger partial charge in [0.1, 0.15) is 5.82 Å². The second-order valence-corrected chi connectivity index (χ2v) is 5.54. The largest absolute Gasteiger partial charge is 0.493 e. The summed E-state index contributed by atoms with van der Waals surface area (Å²) in [6.45, 7) is 0.711. The van der Waals surface area contributed by atoms with Gasteiger partial charge in [0.05, 0.1) is 14.2 Å². The fourth-order valence-electron chi connectivity index (χ4n) is 2.69. The lowest BCUT2D eigenvalue weighted by molar-refractivity contribution is 0.354. The lowest BCUT2D eigenvalue weighted by Gasteiger charge is -2.12. The van der Waals surface area contributed by atoms with E-state index in [9.17, 15) is 0 Å². The van der Waals surface area contributed by atoms with Crippen LogP contribution in [-0.2, 0) is 13.0 Å². The topological polar surface area (TPSA) is 62.3 Å². The molecule has 1 heterocycles. The third-order valence-corrected chi connectivity index (χ3v) is 4.01. The van der Waals surface area contributed by atoms with Crippen LogP contribution in [0.5, 0.6) is 11.5 Å². The standard InChI is InChI=1S/C19H21N3O2/c1-23-17-8-7-14(11-18(17)24-2)13-22-10-9-21-19(22)12-15-5-3-4-6-16(15)20/h3-11H,12-13,20H2,1-2H3. The van der Waals surface area contributed by atoms with Crippen molar-refractivity contribution < 1.29 is 9.47 Å². The highest BCUT2D eigenvalue weighted by atomic mass is 16.5. The number of imidazole rings is 1. The van der Waals surface area contributed by atoms with E-state index in [-0.39, 0.29) is 0 Å². The molecule has 0 fully saturated rings. The number of benzene rings is 2. The summed E-state index contributed by atoms with van der Waals surface area (Å²) in [6, 6.07) is 13.8. The summed E-state index contributed by atoms with van der Waals surface area (Å²) >= 11 is 0. The lowest BCUT2D eigenvalue weighted by atomic mass is 10.1. The van der Waals surface area contributed by atoms with Crippen LogP contribution in [0, 0.1) is 0 Å². The van der Waals surface area contributed by atoms with Crippen LogP contribution in [0.15, 0.2) is 54.9 Å². The molecule has 1 aromatic heterocycles. The van der Waals surface area contributed by atoms with Gasteiger partial charge in [-0.25, -0.2) is 4.98 Å². The van der Waals surface area contributed by atoms with Gasteiger partial charge in [-0.05, 0) is 29.3 Å². The number of ether oxygens (including phenoxy) is 2. The Hall–Kier alpha value is -2.95. The number of anilines is 1. The van der Waals surface area contributed by atoms with Crippen molar-refractivity contribution in [2.75, 3.05) is 20.0 Å². The Labute approximate surface area is 141 Å². The maximum atomic E-state index is 6.04. The zero-order chi connectivity index (χ0) is 16.9. The van der Waals surface area contributed by atoms with Crippen LogP contribution < -0.4 is 15.2 Å². The minimum Gasteiger partial charge on any atom is -0.493 e. The van der Waals surface area contributed by atoms with Gasteiger partial charge in [0.2, 0.25) is 0 Å². The Morgan fingerprint density at radius 2 is 1.83 bits per heavy atom. The second kappa shape index (κ2) is 7.08. The Morgan fingerprint density at radius 1 is 1.04 bits per heavy atom. The molecule has 0 saturated carbocycles. The van der Waals surface area contributed by atoms with Gasteiger partial charge in [-0.1, -0.05) is 24.3 Å². The summed E-state index contributed by atoms with van der Waals surface area (Å²) in [4.78, 5) is 4.48. The first-order chi connectivity index (χ1) is 11.7. The van der Waals surface area contributed by atoms with Gasteiger partial charge in [0, 0.05) is 31.0 Å². The number of nitrogen functional groups attached to an aromatic ring is 1. The molecule has 0 spiro atoms. The number of hydrogen-bond acceptors (Lipinski definition) is 4. The van der Waals surface area contributed by atoms with E-state index in [1.54, 1.807) is 14.2 Å². The minimum absolute atomic E-state index is 0.701. The van der Waals surface area contributed by atoms with E-state index >= 15 is 0 Å². The smallest absolute Gasteiger partial charge is 0.161 e. The highest BCUT2D eigenvalue weighted by Crippen LogP contribution is 2.28.